The molecule has 2 aromatic rings. The van der Waals surface area contributed by atoms with E-state index >= 15 is 0 Å². The molecule has 0 aliphatic carbocycles. The maximum atomic E-state index is 13.1. The lowest BCUT2D eigenvalue weighted by Gasteiger charge is -2.19. The van der Waals surface area contributed by atoms with E-state index in [1.54, 1.807) is 42.5 Å². The Labute approximate surface area is 160 Å². The minimum absolute atomic E-state index is 0.306. The van der Waals surface area contributed by atoms with Crippen LogP contribution in [0, 0.1) is 5.92 Å². The molecule has 1 fully saturated rings. The Morgan fingerprint density at radius 2 is 1.78 bits per heavy atom. The fourth-order valence-electron chi connectivity index (χ4n) is 3.25. The van der Waals surface area contributed by atoms with E-state index < -0.39 is 23.8 Å². The normalized spacial score (nSPS) is 21.0. The zero-order valence-corrected chi connectivity index (χ0v) is 15.3. The third-order valence-corrected chi connectivity index (χ3v) is 4.83. The fraction of sp³-hybridized carbons (Fsp3) is 0.211. The molecule has 0 radical (unpaired) electrons. The van der Waals surface area contributed by atoms with Crippen LogP contribution in [0.4, 0.5) is 5.69 Å². The molecule has 2 aromatic carbocycles. The van der Waals surface area contributed by atoms with Gasteiger partial charge in [-0.15, -0.1) is 0 Å². The molecule has 2 aliphatic rings. The van der Waals surface area contributed by atoms with Crippen molar-refractivity contribution in [3.8, 4) is 11.5 Å². The monoisotopic (exact) mass is 386 g/mol. The largest absolute Gasteiger partial charge is 0.497 e. The second-order valence-corrected chi connectivity index (χ2v) is 6.47. The lowest BCUT2D eigenvalue weighted by Crippen LogP contribution is -2.33. The molecule has 0 spiro atoms. The number of oxime groups is 1. The summed E-state index contributed by atoms with van der Waals surface area (Å²) in [4.78, 5) is 32.4. The molecule has 2 aliphatic heterocycles. The summed E-state index contributed by atoms with van der Waals surface area (Å²) in [6, 6.07) is 11.8. The van der Waals surface area contributed by atoms with E-state index in [-0.39, 0.29) is 0 Å². The number of carbonyl (C=O) groups is 2. The van der Waals surface area contributed by atoms with Gasteiger partial charge in [-0.3, -0.25) is 9.59 Å². The van der Waals surface area contributed by atoms with Gasteiger partial charge in [0.2, 0.25) is 12.0 Å². The van der Waals surface area contributed by atoms with Gasteiger partial charge >= 0.3 is 0 Å². The minimum Gasteiger partial charge on any atom is -0.497 e. The lowest BCUT2D eigenvalue weighted by atomic mass is 9.94. The fourth-order valence-corrected chi connectivity index (χ4v) is 3.37. The second-order valence-electron chi connectivity index (χ2n) is 6.04. The second kappa shape index (κ2) is 6.59. The molecule has 1 saturated heterocycles. The number of methoxy groups -OCH3 is 2. The third kappa shape index (κ3) is 2.71. The van der Waals surface area contributed by atoms with Crippen LogP contribution in [0.15, 0.2) is 47.6 Å². The molecule has 0 bridgehead atoms. The number of fused-ring (bicyclic) bond motifs is 1. The van der Waals surface area contributed by atoms with Crippen LogP contribution in [0.3, 0.4) is 0 Å². The summed E-state index contributed by atoms with van der Waals surface area (Å²) in [7, 11) is 2.97. The van der Waals surface area contributed by atoms with Crippen LogP contribution >= 0.6 is 11.6 Å². The number of nitrogens with zero attached hydrogens (tertiary/aromatic N) is 2. The molecule has 8 heteroatoms. The van der Waals surface area contributed by atoms with E-state index in [1.165, 1.54) is 14.2 Å². The molecular formula is C19H15ClN2O5. The molecular weight excluding hydrogens is 372 g/mol. The van der Waals surface area contributed by atoms with Gasteiger partial charge in [0, 0.05) is 16.7 Å². The highest BCUT2D eigenvalue weighted by Crippen LogP contribution is 2.40. The molecule has 2 heterocycles. The van der Waals surface area contributed by atoms with Crippen molar-refractivity contribution in [3.05, 3.63) is 53.1 Å². The zero-order chi connectivity index (χ0) is 19.1. The van der Waals surface area contributed by atoms with Crippen LogP contribution in [0.2, 0.25) is 5.02 Å². The average molecular weight is 387 g/mol. The van der Waals surface area contributed by atoms with Crippen molar-refractivity contribution in [2.75, 3.05) is 19.1 Å². The summed E-state index contributed by atoms with van der Waals surface area (Å²) in [6.45, 7) is 0. The molecule has 0 aromatic heterocycles. The zero-order valence-electron chi connectivity index (χ0n) is 14.5. The van der Waals surface area contributed by atoms with E-state index in [1.807, 2.05) is 0 Å². The Balaban J connectivity index is 1.73. The van der Waals surface area contributed by atoms with Crippen LogP contribution in [-0.2, 0) is 14.4 Å². The maximum absolute atomic E-state index is 13.1. The quantitative estimate of drug-likeness (QED) is 0.755. The number of carbonyl (C=O) groups excluding carboxylic acids is 2. The van der Waals surface area contributed by atoms with Crippen LogP contribution < -0.4 is 14.4 Å². The summed E-state index contributed by atoms with van der Waals surface area (Å²) in [6.07, 6.45) is -1.00. The first-order valence-electron chi connectivity index (χ1n) is 8.14. The molecule has 2 atom stereocenters. The van der Waals surface area contributed by atoms with Gasteiger partial charge in [-0.1, -0.05) is 28.9 Å². The van der Waals surface area contributed by atoms with Crippen LogP contribution in [0.25, 0.3) is 0 Å². The first-order chi connectivity index (χ1) is 13.0. The Hall–Kier alpha value is -3.06. The highest BCUT2D eigenvalue weighted by molar-refractivity contribution is 6.33. The number of ether oxygens (including phenoxy) is 2. The van der Waals surface area contributed by atoms with Crippen molar-refractivity contribution in [3.63, 3.8) is 0 Å². The number of rotatable bonds is 4. The Bertz CT molecular complexity index is 957. The van der Waals surface area contributed by atoms with E-state index in [0.717, 1.165) is 4.90 Å². The highest BCUT2D eigenvalue weighted by Gasteiger charge is 2.56. The molecule has 27 heavy (non-hydrogen) atoms. The maximum Gasteiger partial charge on any atom is 0.279 e. The topological polar surface area (TPSA) is 77.4 Å². The van der Waals surface area contributed by atoms with Crippen LogP contribution in [-0.4, -0.2) is 37.8 Å². The summed E-state index contributed by atoms with van der Waals surface area (Å²) >= 11 is 5.92. The van der Waals surface area contributed by atoms with Crippen molar-refractivity contribution in [2.45, 2.75) is 6.10 Å². The molecule has 4 rings (SSSR count). The number of imide groups is 1. The summed E-state index contributed by atoms with van der Waals surface area (Å²) < 4.78 is 10.5. The molecule has 2 unspecified atom stereocenters. The predicted molar refractivity (Wildman–Crippen MR) is 98.4 cm³/mol. The van der Waals surface area contributed by atoms with Crippen LogP contribution in [0.1, 0.15) is 5.56 Å². The smallest absolute Gasteiger partial charge is 0.279 e. The van der Waals surface area contributed by atoms with E-state index in [2.05, 4.69) is 5.16 Å². The number of amides is 2. The average Bonchev–Trinajstić information content (AvgIpc) is 3.22. The van der Waals surface area contributed by atoms with Gasteiger partial charge in [-0.25, -0.2) is 4.90 Å². The standard InChI is InChI=1S/C19H15ClN2O5/c1-25-12-7-8-14(26-2)13(9-12)22-18(23)15-16(21-27-17(15)19(22)24)10-3-5-11(20)6-4-10/h3-9,15,17H,1-2H3. The highest BCUT2D eigenvalue weighted by atomic mass is 35.5. The number of anilines is 1. The molecule has 0 saturated carbocycles. The third-order valence-electron chi connectivity index (χ3n) is 4.58. The minimum atomic E-state index is -1.00. The van der Waals surface area contributed by atoms with Crippen molar-refractivity contribution in [1.82, 2.24) is 0 Å². The lowest BCUT2D eigenvalue weighted by molar-refractivity contribution is -0.126. The van der Waals surface area contributed by atoms with Gasteiger partial charge < -0.3 is 14.3 Å². The summed E-state index contributed by atoms with van der Waals surface area (Å²) in [5.74, 6) is -0.875. The molecule has 7 nitrogen and oxygen atoms in total. The van der Waals surface area contributed by atoms with Gasteiger partial charge in [-0.2, -0.15) is 0 Å². The van der Waals surface area contributed by atoms with Crippen LogP contribution in [0.5, 0.6) is 11.5 Å². The Morgan fingerprint density at radius 1 is 1.04 bits per heavy atom. The summed E-state index contributed by atoms with van der Waals surface area (Å²) in [5.41, 5.74) is 1.38. The van der Waals surface area contributed by atoms with Gasteiger partial charge in [0.1, 0.15) is 23.1 Å². The summed E-state index contributed by atoms with van der Waals surface area (Å²) in [5, 5.41) is 4.54. The van der Waals surface area contributed by atoms with Crippen molar-refractivity contribution in [2.24, 2.45) is 11.1 Å². The van der Waals surface area contributed by atoms with E-state index in [0.29, 0.717) is 33.5 Å². The number of hydrogen-bond acceptors (Lipinski definition) is 6. The number of halogens is 1. The van der Waals surface area contributed by atoms with Crippen molar-refractivity contribution < 1.29 is 23.9 Å². The molecule has 0 N–H and O–H groups in total. The van der Waals surface area contributed by atoms with Gasteiger partial charge in [0.25, 0.3) is 5.91 Å². The van der Waals surface area contributed by atoms with Crippen molar-refractivity contribution in [1.29, 1.82) is 0 Å². The number of hydrogen-bond donors (Lipinski definition) is 0. The predicted octanol–water partition coefficient (Wildman–Crippen LogP) is 2.65. The van der Waals surface area contributed by atoms with E-state index in [9.17, 15) is 9.59 Å². The van der Waals surface area contributed by atoms with Gasteiger partial charge in [0.05, 0.1) is 19.9 Å². The Morgan fingerprint density at radius 3 is 2.44 bits per heavy atom. The van der Waals surface area contributed by atoms with Gasteiger partial charge in [0.15, 0.2) is 0 Å². The van der Waals surface area contributed by atoms with E-state index in [4.69, 9.17) is 25.9 Å². The number of benzene rings is 2. The molecule has 2 amide bonds. The first kappa shape index (κ1) is 17.4. The van der Waals surface area contributed by atoms with Crippen molar-refractivity contribution >= 4 is 34.8 Å². The Kier molecular flexibility index (Phi) is 4.24. The first-order valence-corrected chi connectivity index (χ1v) is 8.52. The SMILES string of the molecule is COc1ccc(OC)c(N2C(=O)C3ON=C(c4ccc(Cl)cc4)C3C2=O)c1. The van der Waals surface area contributed by atoms with Gasteiger partial charge in [-0.05, 0) is 24.3 Å². The molecule has 138 valence electrons.